The summed E-state index contributed by atoms with van der Waals surface area (Å²) in [6.45, 7) is 7.11. The first-order chi connectivity index (χ1) is 28.4. The highest BCUT2D eigenvalue weighted by Crippen LogP contribution is 2.48. The number of aryl methyl sites for hydroxylation is 1. The van der Waals surface area contributed by atoms with Gasteiger partial charge in [-0.1, -0.05) is 139 Å². The summed E-state index contributed by atoms with van der Waals surface area (Å²) >= 11 is 0. The molecule has 1 aliphatic rings. The maximum atomic E-state index is 4.98. The van der Waals surface area contributed by atoms with E-state index in [0.717, 1.165) is 29.0 Å². The van der Waals surface area contributed by atoms with Crippen molar-refractivity contribution < 1.29 is 0 Å². The van der Waals surface area contributed by atoms with Crippen LogP contribution in [0.5, 0.6) is 0 Å². The van der Waals surface area contributed by atoms with Crippen molar-refractivity contribution in [3.8, 4) is 50.2 Å². The number of hydrogen-bond acceptors (Lipinski definition) is 1. The van der Waals surface area contributed by atoms with Gasteiger partial charge in [0.1, 0.15) is 60.7 Å². The van der Waals surface area contributed by atoms with Gasteiger partial charge in [0.25, 0.3) is 0 Å². The largest absolute Gasteiger partial charge is 0.296 e. The topological polar surface area (TPSA) is 17.8 Å². The van der Waals surface area contributed by atoms with E-state index in [2.05, 4.69) is 202 Å². The van der Waals surface area contributed by atoms with Gasteiger partial charge in [0.2, 0.25) is 0 Å². The maximum absolute atomic E-state index is 4.98. The maximum Gasteiger partial charge on any atom is 0.140 e. The average molecular weight is 750 g/mol. The number of imidazole rings is 1. The van der Waals surface area contributed by atoms with Gasteiger partial charge in [-0.15, -0.1) is 10.9 Å². The number of benzene rings is 8. The molecule has 10 rings (SSSR count). The molecular weight excluding hydrogens is 704 g/mol. The predicted molar refractivity (Wildman–Crippen MR) is 277 cm³/mol. The normalized spacial score (nSPS) is 13.0. The van der Waals surface area contributed by atoms with Crippen molar-refractivity contribution in [1.82, 2.24) is 9.55 Å². The zero-order chi connectivity index (χ0) is 41.1. The molecule has 1 heterocycles. The summed E-state index contributed by atoms with van der Waals surface area (Å²) in [5.41, 5.74) is 26.6. The molecule has 1 aromatic heterocycles. The van der Waals surface area contributed by atoms with Crippen molar-refractivity contribution in [3.63, 3.8) is 0 Å². The molecule has 0 unspecified atom stereocenters. The van der Waals surface area contributed by atoms with E-state index in [9.17, 15) is 0 Å². The summed E-state index contributed by atoms with van der Waals surface area (Å²) in [6.07, 6.45) is 0.860. The van der Waals surface area contributed by atoms with E-state index in [1.165, 1.54) is 115 Å². The van der Waals surface area contributed by atoms with Crippen molar-refractivity contribution in [2.45, 2.75) is 32.6 Å². The van der Waals surface area contributed by atoms with Gasteiger partial charge >= 0.3 is 0 Å². The Balaban J connectivity index is 1.19. The Morgan fingerprint density at radius 3 is 1.59 bits per heavy atom. The molecular formula is C50H45B7N2. The van der Waals surface area contributed by atoms with Gasteiger partial charge in [0.15, 0.2) is 0 Å². The lowest BCUT2D eigenvalue weighted by atomic mass is 9.61. The molecule has 0 N–H and O–H groups in total. The van der Waals surface area contributed by atoms with Crippen LogP contribution in [0.25, 0.3) is 82.8 Å². The smallest absolute Gasteiger partial charge is 0.140 e. The zero-order valence-electron chi connectivity index (χ0n) is 36.1. The fourth-order valence-electron chi connectivity index (χ4n) is 11.1. The molecule has 0 spiro atoms. The van der Waals surface area contributed by atoms with E-state index in [1.807, 2.05) is 0 Å². The van der Waals surface area contributed by atoms with Gasteiger partial charge in [0.05, 0.1) is 11.0 Å². The Morgan fingerprint density at radius 1 is 0.458 bits per heavy atom. The highest BCUT2D eigenvalue weighted by atomic mass is 15.1. The molecule has 0 bridgehead atoms. The number of nitrogens with zero attached hydrogens (tertiary/aromatic N) is 2. The summed E-state index contributed by atoms with van der Waals surface area (Å²) in [6, 6.07) is 44.8. The predicted octanol–water partition coefficient (Wildman–Crippen LogP) is 1.01. The molecule has 0 saturated heterocycles. The Bertz CT molecular complexity index is 3210. The number of aromatic nitrogens is 2. The number of fused-ring (bicyclic) bond motifs is 6. The molecule has 9 aromatic rings. The van der Waals surface area contributed by atoms with Crippen LogP contribution < -0.4 is 38.2 Å². The van der Waals surface area contributed by atoms with Crippen LogP contribution in [-0.2, 0) is 11.8 Å². The highest BCUT2D eigenvalue weighted by molar-refractivity contribution is 6.65. The van der Waals surface area contributed by atoms with Gasteiger partial charge < -0.3 is 0 Å². The van der Waals surface area contributed by atoms with Crippen LogP contribution in [0.15, 0.2) is 121 Å². The van der Waals surface area contributed by atoms with Crippen molar-refractivity contribution in [1.29, 1.82) is 0 Å². The minimum absolute atomic E-state index is 0.123. The molecule has 8 aromatic carbocycles. The first kappa shape index (κ1) is 37.5. The summed E-state index contributed by atoms with van der Waals surface area (Å²) < 4.78 is 2.32. The van der Waals surface area contributed by atoms with E-state index in [1.54, 1.807) is 0 Å². The number of hydrogen-bond donors (Lipinski definition) is 0. The van der Waals surface area contributed by atoms with Gasteiger partial charge in [0, 0.05) is 17.5 Å². The summed E-state index contributed by atoms with van der Waals surface area (Å²) in [5, 5.41) is 5.15. The fourth-order valence-corrected chi connectivity index (χ4v) is 11.1. The molecule has 1 aliphatic carbocycles. The van der Waals surface area contributed by atoms with E-state index < -0.39 is 0 Å². The van der Waals surface area contributed by atoms with Crippen LogP contribution in [0, 0.1) is 0 Å². The molecule has 0 aliphatic heterocycles. The third-order valence-electron chi connectivity index (χ3n) is 14.2. The van der Waals surface area contributed by atoms with Gasteiger partial charge in [-0.05, 0) is 108 Å². The van der Waals surface area contributed by atoms with Crippen LogP contribution in [-0.4, -0.2) is 64.5 Å². The van der Waals surface area contributed by atoms with Crippen molar-refractivity contribution in [2.75, 3.05) is 0 Å². The van der Waals surface area contributed by atoms with Crippen LogP contribution in [0.3, 0.4) is 0 Å². The first-order valence-corrected chi connectivity index (χ1v) is 21.3. The lowest BCUT2D eigenvalue weighted by Crippen LogP contribution is -2.51. The van der Waals surface area contributed by atoms with Crippen LogP contribution in [0.1, 0.15) is 37.7 Å². The molecule has 0 fully saturated rings. The van der Waals surface area contributed by atoms with Gasteiger partial charge in [-0.25, -0.2) is 4.98 Å². The Labute approximate surface area is 354 Å². The van der Waals surface area contributed by atoms with E-state index in [4.69, 9.17) is 4.98 Å². The van der Waals surface area contributed by atoms with Gasteiger partial charge in [-0.2, -0.15) is 0 Å². The van der Waals surface area contributed by atoms with Crippen molar-refractivity contribution in [2.24, 2.45) is 0 Å². The van der Waals surface area contributed by atoms with E-state index in [0.29, 0.717) is 0 Å². The molecule has 2 nitrogen and oxygen atoms in total. The molecule has 276 valence electrons. The quantitative estimate of drug-likeness (QED) is 0.190. The average Bonchev–Trinajstić information content (AvgIpc) is 3.76. The monoisotopic (exact) mass is 750 g/mol. The lowest BCUT2D eigenvalue weighted by molar-refractivity contribution is 0.670. The van der Waals surface area contributed by atoms with E-state index >= 15 is 0 Å². The third-order valence-corrected chi connectivity index (χ3v) is 14.2. The lowest BCUT2D eigenvalue weighted by Gasteiger charge is -2.30. The Morgan fingerprint density at radius 2 is 0.949 bits per heavy atom. The molecule has 0 atom stereocenters. The van der Waals surface area contributed by atoms with E-state index in [-0.39, 0.29) is 5.41 Å². The first-order valence-electron chi connectivity index (χ1n) is 21.3. The van der Waals surface area contributed by atoms with Crippen LogP contribution >= 0.6 is 0 Å². The Kier molecular flexibility index (Phi) is 8.66. The molecule has 0 radical (unpaired) electrons. The molecule has 0 amide bonds. The molecule has 59 heavy (non-hydrogen) atoms. The van der Waals surface area contributed by atoms with Crippen LogP contribution in [0.4, 0.5) is 0 Å². The molecule has 0 saturated carbocycles. The van der Waals surface area contributed by atoms with Gasteiger partial charge in [-0.3, -0.25) is 4.57 Å². The third kappa shape index (κ3) is 5.32. The Hall–Kier alpha value is -5.80. The zero-order valence-corrected chi connectivity index (χ0v) is 36.1. The molecule has 9 heteroatoms. The summed E-state index contributed by atoms with van der Waals surface area (Å²) in [4.78, 5) is 4.98. The minimum atomic E-state index is -0.123. The second-order valence-corrected chi connectivity index (χ2v) is 17.6. The number of para-hydroxylation sites is 2. The highest BCUT2D eigenvalue weighted by Gasteiger charge is 2.41. The number of rotatable bonds is 5. The summed E-state index contributed by atoms with van der Waals surface area (Å²) in [7, 11) is 16.5. The fraction of sp³-hybridized carbons (Fsp3) is 0.100. The van der Waals surface area contributed by atoms with Crippen molar-refractivity contribution in [3.05, 3.63) is 138 Å². The van der Waals surface area contributed by atoms with Crippen LogP contribution in [0.2, 0.25) is 0 Å². The standard InChI is InChI=1S/C50H45B7N2/c1-4-35-58-33-21-9-10-22-34(33)59(35)28-16-12-14-26(24-28)25-13-11-15-27(23-25)36-29-17-5-7-19-31(29)37(32-20-8-6-18-30(32)36)40-43(51)41-38(44(52)46(40)54)39-42(50(41,2)3)47(55)49(57)48(56)45(39)53/h5-24H,4,51-57H2,1-3H3. The van der Waals surface area contributed by atoms with Crippen molar-refractivity contribution >= 4 is 126 Å². The second kappa shape index (κ2) is 13.6. The second-order valence-electron chi connectivity index (χ2n) is 17.6. The minimum Gasteiger partial charge on any atom is -0.296 e. The summed E-state index contributed by atoms with van der Waals surface area (Å²) in [5.74, 6) is 1.07. The SMILES string of the molecule is Bc1c(B)c(B)c2c(c1B)-c1c(B)c(B)c(-c3c4ccccc4c(-c4cccc(-c5cccc(-n6c(CC)nc7ccccc76)c5)c4)c4ccccc34)c(B)c1C2(C)C.